The Balaban J connectivity index is 2.84. The van der Waals surface area contributed by atoms with Gasteiger partial charge in [-0.3, -0.25) is 9.59 Å². The van der Waals surface area contributed by atoms with Crippen LogP contribution >= 0.6 is 0 Å². The van der Waals surface area contributed by atoms with Gasteiger partial charge >= 0.3 is 5.97 Å². The van der Waals surface area contributed by atoms with E-state index in [-0.39, 0.29) is 24.3 Å². The Morgan fingerprint density at radius 3 is 2.14 bits per heavy atom. The zero-order valence-electron chi connectivity index (χ0n) is 12.9. The van der Waals surface area contributed by atoms with Crippen LogP contribution in [-0.2, 0) is 4.79 Å². The van der Waals surface area contributed by atoms with Crippen molar-refractivity contribution >= 4 is 11.8 Å². The molecule has 0 aliphatic heterocycles. The number of aliphatic carboxylic acids is 1. The van der Waals surface area contributed by atoms with Crippen LogP contribution in [0, 0.1) is 0 Å². The Bertz CT molecular complexity index is 480. The van der Waals surface area contributed by atoms with E-state index in [9.17, 15) is 9.59 Å². The summed E-state index contributed by atoms with van der Waals surface area (Å²) in [6.45, 7) is 7.60. The summed E-state index contributed by atoms with van der Waals surface area (Å²) in [5.74, 6) is -0.531. The first-order valence-corrected chi connectivity index (χ1v) is 7.08. The SMILES string of the molecule is CC(C)NC(CC(=O)O)C(=O)c1ccc(OC(C)C)cc1. The average molecular weight is 293 g/mol. The first kappa shape index (κ1) is 17.2. The molecule has 0 fully saturated rings. The monoisotopic (exact) mass is 293 g/mol. The minimum Gasteiger partial charge on any atom is -0.491 e. The molecule has 21 heavy (non-hydrogen) atoms. The highest BCUT2D eigenvalue weighted by Crippen LogP contribution is 2.16. The van der Waals surface area contributed by atoms with E-state index in [1.807, 2.05) is 27.7 Å². The molecule has 5 nitrogen and oxygen atoms in total. The Hall–Kier alpha value is -1.88. The summed E-state index contributed by atoms with van der Waals surface area (Å²) < 4.78 is 5.52. The molecule has 0 saturated heterocycles. The molecule has 0 heterocycles. The quantitative estimate of drug-likeness (QED) is 0.720. The van der Waals surface area contributed by atoms with Crippen molar-refractivity contribution in [2.24, 2.45) is 0 Å². The Kier molecular flexibility index (Phi) is 6.37. The maximum absolute atomic E-state index is 12.4. The summed E-state index contributed by atoms with van der Waals surface area (Å²) in [5, 5.41) is 11.9. The third-order valence-electron chi connectivity index (χ3n) is 2.74. The number of benzene rings is 1. The second-order valence-corrected chi connectivity index (χ2v) is 5.53. The molecule has 0 saturated carbocycles. The van der Waals surface area contributed by atoms with Gasteiger partial charge in [0.2, 0.25) is 0 Å². The van der Waals surface area contributed by atoms with E-state index in [2.05, 4.69) is 5.32 Å². The van der Waals surface area contributed by atoms with Crippen molar-refractivity contribution in [2.75, 3.05) is 0 Å². The molecule has 1 rings (SSSR count). The molecule has 0 aliphatic carbocycles. The molecule has 0 radical (unpaired) electrons. The number of ether oxygens (including phenoxy) is 1. The number of nitrogens with one attached hydrogen (secondary N) is 1. The first-order chi connectivity index (χ1) is 9.79. The van der Waals surface area contributed by atoms with E-state index in [1.165, 1.54) is 0 Å². The van der Waals surface area contributed by atoms with Gasteiger partial charge in [-0.25, -0.2) is 0 Å². The van der Waals surface area contributed by atoms with Crippen molar-refractivity contribution in [3.05, 3.63) is 29.8 Å². The van der Waals surface area contributed by atoms with Crippen molar-refractivity contribution in [2.45, 2.75) is 52.3 Å². The fourth-order valence-corrected chi connectivity index (χ4v) is 1.98. The summed E-state index contributed by atoms with van der Waals surface area (Å²) in [7, 11) is 0. The molecule has 0 spiro atoms. The second kappa shape index (κ2) is 7.78. The van der Waals surface area contributed by atoms with Crippen LogP contribution in [0.3, 0.4) is 0 Å². The van der Waals surface area contributed by atoms with Crippen LogP contribution in [0.15, 0.2) is 24.3 Å². The zero-order chi connectivity index (χ0) is 16.0. The molecule has 0 aromatic heterocycles. The molecule has 0 aliphatic rings. The van der Waals surface area contributed by atoms with Gasteiger partial charge in [0, 0.05) is 11.6 Å². The number of ketones is 1. The third-order valence-corrected chi connectivity index (χ3v) is 2.74. The van der Waals surface area contributed by atoms with Crippen LogP contribution in [0.2, 0.25) is 0 Å². The third kappa shape index (κ3) is 5.95. The van der Waals surface area contributed by atoms with E-state index < -0.39 is 12.0 Å². The number of carboxylic acid groups (broad SMARTS) is 1. The topological polar surface area (TPSA) is 75.6 Å². The van der Waals surface area contributed by atoms with Gasteiger partial charge < -0.3 is 15.2 Å². The van der Waals surface area contributed by atoms with E-state index in [0.29, 0.717) is 11.3 Å². The lowest BCUT2D eigenvalue weighted by Gasteiger charge is -2.19. The number of carboxylic acids is 1. The van der Waals surface area contributed by atoms with Crippen LogP contribution < -0.4 is 10.1 Å². The minimum absolute atomic E-state index is 0.0295. The summed E-state index contributed by atoms with van der Waals surface area (Å²) in [4.78, 5) is 23.3. The predicted molar refractivity (Wildman–Crippen MR) is 80.8 cm³/mol. The van der Waals surface area contributed by atoms with Crippen LogP contribution in [0.1, 0.15) is 44.5 Å². The highest BCUT2D eigenvalue weighted by molar-refractivity contribution is 6.01. The van der Waals surface area contributed by atoms with Gasteiger partial charge in [-0.2, -0.15) is 0 Å². The van der Waals surface area contributed by atoms with Gasteiger partial charge in [0.05, 0.1) is 18.6 Å². The lowest BCUT2D eigenvalue weighted by molar-refractivity contribution is -0.137. The smallest absolute Gasteiger partial charge is 0.305 e. The predicted octanol–water partition coefficient (Wildman–Crippen LogP) is 2.50. The maximum atomic E-state index is 12.4. The number of Topliss-reactive ketones (excluding diaryl/α,β-unsaturated/α-hetero) is 1. The van der Waals surface area contributed by atoms with Crippen LogP contribution in [0.5, 0.6) is 5.75 Å². The largest absolute Gasteiger partial charge is 0.491 e. The first-order valence-electron chi connectivity index (χ1n) is 7.08. The fourth-order valence-electron chi connectivity index (χ4n) is 1.98. The van der Waals surface area contributed by atoms with Crippen molar-refractivity contribution < 1.29 is 19.4 Å². The van der Waals surface area contributed by atoms with Crippen LogP contribution in [0.4, 0.5) is 0 Å². The van der Waals surface area contributed by atoms with Gasteiger partial charge in [0.25, 0.3) is 0 Å². The fraction of sp³-hybridized carbons (Fsp3) is 0.500. The van der Waals surface area contributed by atoms with E-state index in [0.717, 1.165) is 0 Å². The number of hydrogen-bond donors (Lipinski definition) is 2. The molecule has 1 aromatic carbocycles. The van der Waals surface area contributed by atoms with Gasteiger partial charge in [0.15, 0.2) is 5.78 Å². The molecule has 1 atom stereocenters. The lowest BCUT2D eigenvalue weighted by Crippen LogP contribution is -2.42. The molecular formula is C16H23NO4. The Morgan fingerprint density at radius 2 is 1.71 bits per heavy atom. The molecule has 116 valence electrons. The van der Waals surface area contributed by atoms with E-state index in [1.54, 1.807) is 24.3 Å². The molecule has 0 amide bonds. The van der Waals surface area contributed by atoms with Crippen molar-refractivity contribution in [3.8, 4) is 5.75 Å². The molecule has 2 N–H and O–H groups in total. The summed E-state index contributed by atoms with van der Waals surface area (Å²) in [6.07, 6.45) is -0.171. The zero-order valence-corrected chi connectivity index (χ0v) is 12.9. The molecule has 5 heteroatoms. The summed E-state index contributed by atoms with van der Waals surface area (Å²) in [6, 6.07) is 6.08. The van der Waals surface area contributed by atoms with E-state index >= 15 is 0 Å². The highest BCUT2D eigenvalue weighted by atomic mass is 16.5. The van der Waals surface area contributed by atoms with Crippen molar-refractivity contribution in [1.82, 2.24) is 5.32 Å². The minimum atomic E-state index is -0.999. The van der Waals surface area contributed by atoms with Gasteiger partial charge in [0.1, 0.15) is 5.75 Å². The number of rotatable bonds is 8. The summed E-state index contributed by atoms with van der Waals surface area (Å²) in [5.41, 5.74) is 0.477. The number of carbonyl (C=O) groups excluding carboxylic acids is 1. The Morgan fingerprint density at radius 1 is 1.14 bits per heavy atom. The van der Waals surface area contributed by atoms with Gasteiger partial charge in [-0.15, -0.1) is 0 Å². The van der Waals surface area contributed by atoms with Crippen molar-refractivity contribution in [1.29, 1.82) is 0 Å². The van der Waals surface area contributed by atoms with Crippen LogP contribution in [0.25, 0.3) is 0 Å². The average Bonchev–Trinajstić information content (AvgIpc) is 2.36. The maximum Gasteiger partial charge on any atom is 0.305 e. The van der Waals surface area contributed by atoms with E-state index in [4.69, 9.17) is 9.84 Å². The van der Waals surface area contributed by atoms with Gasteiger partial charge in [-0.1, -0.05) is 13.8 Å². The summed E-state index contributed by atoms with van der Waals surface area (Å²) >= 11 is 0. The molecule has 1 aromatic rings. The normalized spacial score (nSPS) is 12.5. The van der Waals surface area contributed by atoms with Crippen LogP contribution in [-0.4, -0.2) is 35.0 Å². The van der Waals surface area contributed by atoms with Crippen molar-refractivity contribution in [3.63, 3.8) is 0 Å². The lowest BCUT2D eigenvalue weighted by atomic mass is 10.0. The van der Waals surface area contributed by atoms with Gasteiger partial charge in [-0.05, 0) is 38.1 Å². The standard InChI is InChI=1S/C16H23NO4/c1-10(2)17-14(9-15(18)19)16(20)12-5-7-13(8-6-12)21-11(3)4/h5-8,10-11,14,17H,9H2,1-4H3,(H,18,19). The number of carbonyl (C=O) groups is 2. The Labute approximate surface area is 125 Å². The second-order valence-electron chi connectivity index (χ2n) is 5.53. The number of hydrogen-bond acceptors (Lipinski definition) is 4. The molecule has 1 unspecified atom stereocenters. The highest BCUT2D eigenvalue weighted by Gasteiger charge is 2.23. The molecule has 0 bridgehead atoms. The molecular weight excluding hydrogens is 270 g/mol.